The van der Waals surface area contributed by atoms with Gasteiger partial charge < -0.3 is 10.6 Å². The van der Waals surface area contributed by atoms with E-state index in [1.807, 2.05) is 11.7 Å². The van der Waals surface area contributed by atoms with Gasteiger partial charge in [0.1, 0.15) is 0 Å². The minimum absolute atomic E-state index is 0. The highest BCUT2D eigenvalue weighted by atomic mass is 127. The van der Waals surface area contributed by atoms with Crippen molar-refractivity contribution in [3.05, 3.63) is 52.3 Å². The molecule has 25 heavy (non-hydrogen) atoms. The predicted molar refractivity (Wildman–Crippen MR) is 116 cm³/mol. The standard InChI is InChI=1S/C19H29N5.HI/c1-6-17-16(18(7-2)24(5)23-17)13-22-19(20-4)21-12-15-11-9-8-10-14(15)3;/h8-11H,6-7,12-13H2,1-5H3,(H2,20,21,22);1H. The molecule has 0 saturated heterocycles. The summed E-state index contributed by atoms with van der Waals surface area (Å²) in [4.78, 5) is 4.33. The summed E-state index contributed by atoms with van der Waals surface area (Å²) in [6.45, 7) is 7.96. The van der Waals surface area contributed by atoms with Crippen molar-refractivity contribution < 1.29 is 0 Å². The molecular formula is C19H30IN5. The van der Waals surface area contributed by atoms with Gasteiger partial charge in [-0.05, 0) is 30.9 Å². The third-order valence-corrected chi connectivity index (χ3v) is 4.39. The fraction of sp³-hybridized carbons (Fsp3) is 0.474. The van der Waals surface area contributed by atoms with Crippen LogP contribution in [0.3, 0.4) is 0 Å². The first-order valence-electron chi connectivity index (χ1n) is 8.63. The molecule has 0 saturated carbocycles. The lowest BCUT2D eigenvalue weighted by Crippen LogP contribution is -2.36. The number of halogens is 1. The number of aliphatic imine (C=N–C) groups is 1. The van der Waals surface area contributed by atoms with Gasteiger partial charge in [-0.1, -0.05) is 38.1 Å². The SMILES string of the molecule is CCc1nn(C)c(CC)c1CNC(=NC)NCc1ccccc1C.I. The van der Waals surface area contributed by atoms with Gasteiger partial charge >= 0.3 is 0 Å². The van der Waals surface area contributed by atoms with Crippen molar-refractivity contribution in [2.45, 2.75) is 46.7 Å². The molecule has 5 nitrogen and oxygen atoms in total. The molecule has 0 atom stereocenters. The first-order valence-corrected chi connectivity index (χ1v) is 8.63. The molecule has 2 N–H and O–H groups in total. The molecule has 0 aliphatic heterocycles. The molecule has 2 aromatic rings. The van der Waals surface area contributed by atoms with Crippen LogP contribution in [0, 0.1) is 6.92 Å². The molecule has 0 radical (unpaired) electrons. The smallest absolute Gasteiger partial charge is 0.191 e. The molecule has 2 rings (SSSR count). The fourth-order valence-electron chi connectivity index (χ4n) is 2.97. The van der Waals surface area contributed by atoms with E-state index in [2.05, 4.69) is 65.8 Å². The summed E-state index contributed by atoms with van der Waals surface area (Å²) in [5.74, 6) is 0.811. The van der Waals surface area contributed by atoms with Crippen LogP contribution in [0.2, 0.25) is 0 Å². The molecule has 0 fully saturated rings. The first kappa shape index (κ1) is 21.5. The van der Waals surface area contributed by atoms with Crippen molar-refractivity contribution >= 4 is 29.9 Å². The lowest BCUT2D eigenvalue weighted by Gasteiger charge is -2.14. The van der Waals surface area contributed by atoms with Crippen LogP contribution in [0.1, 0.15) is 41.9 Å². The highest BCUT2D eigenvalue weighted by Crippen LogP contribution is 2.15. The summed E-state index contributed by atoms with van der Waals surface area (Å²) in [7, 11) is 3.82. The predicted octanol–water partition coefficient (Wildman–Crippen LogP) is 3.34. The molecule has 0 aliphatic rings. The monoisotopic (exact) mass is 455 g/mol. The third-order valence-electron chi connectivity index (χ3n) is 4.39. The summed E-state index contributed by atoms with van der Waals surface area (Å²) in [5, 5.41) is 11.4. The van der Waals surface area contributed by atoms with Gasteiger partial charge in [-0.2, -0.15) is 5.10 Å². The second-order valence-corrected chi connectivity index (χ2v) is 5.91. The Hall–Kier alpha value is -1.57. The van der Waals surface area contributed by atoms with Gasteiger partial charge in [0.05, 0.1) is 5.69 Å². The number of nitrogens with one attached hydrogen (secondary N) is 2. The van der Waals surface area contributed by atoms with Crippen LogP contribution >= 0.6 is 24.0 Å². The van der Waals surface area contributed by atoms with E-state index in [0.29, 0.717) is 0 Å². The number of hydrogen-bond donors (Lipinski definition) is 2. The van der Waals surface area contributed by atoms with Crippen molar-refractivity contribution in [1.82, 2.24) is 20.4 Å². The molecule has 1 aromatic heterocycles. The van der Waals surface area contributed by atoms with Crippen molar-refractivity contribution in [3.8, 4) is 0 Å². The molecular weight excluding hydrogens is 425 g/mol. The number of aryl methyl sites for hydroxylation is 3. The van der Waals surface area contributed by atoms with E-state index in [0.717, 1.165) is 37.6 Å². The Morgan fingerprint density at radius 3 is 2.40 bits per heavy atom. The van der Waals surface area contributed by atoms with Gasteiger partial charge in [-0.15, -0.1) is 24.0 Å². The lowest BCUT2D eigenvalue weighted by atomic mass is 10.1. The van der Waals surface area contributed by atoms with E-state index >= 15 is 0 Å². The maximum atomic E-state index is 4.63. The number of guanidine groups is 1. The fourth-order valence-corrected chi connectivity index (χ4v) is 2.97. The molecule has 0 unspecified atom stereocenters. The Bertz CT molecular complexity index is 706. The number of rotatable bonds is 6. The Morgan fingerprint density at radius 2 is 1.80 bits per heavy atom. The number of aromatic nitrogens is 2. The summed E-state index contributed by atoms with van der Waals surface area (Å²) < 4.78 is 2.00. The van der Waals surface area contributed by atoms with Gasteiger partial charge in [-0.3, -0.25) is 9.67 Å². The van der Waals surface area contributed by atoms with E-state index in [9.17, 15) is 0 Å². The molecule has 0 spiro atoms. The molecule has 6 heteroatoms. The van der Waals surface area contributed by atoms with Crippen molar-refractivity contribution in [3.63, 3.8) is 0 Å². The topological polar surface area (TPSA) is 54.2 Å². The zero-order valence-corrected chi connectivity index (χ0v) is 18.2. The van der Waals surface area contributed by atoms with Crippen LogP contribution in [0.25, 0.3) is 0 Å². The van der Waals surface area contributed by atoms with Crippen LogP contribution in [0.5, 0.6) is 0 Å². The quantitative estimate of drug-likeness (QED) is 0.399. The summed E-state index contributed by atoms with van der Waals surface area (Å²) in [6.07, 6.45) is 1.93. The highest BCUT2D eigenvalue weighted by molar-refractivity contribution is 14.0. The second-order valence-electron chi connectivity index (χ2n) is 5.91. The molecule has 0 amide bonds. The zero-order chi connectivity index (χ0) is 17.5. The number of benzene rings is 1. The van der Waals surface area contributed by atoms with Crippen molar-refractivity contribution in [2.24, 2.45) is 12.0 Å². The van der Waals surface area contributed by atoms with Gasteiger partial charge in [-0.25, -0.2) is 0 Å². The van der Waals surface area contributed by atoms with Crippen LogP contribution in [-0.4, -0.2) is 22.8 Å². The number of hydrogen-bond acceptors (Lipinski definition) is 2. The summed E-state index contributed by atoms with van der Waals surface area (Å²) in [5.41, 5.74) is 6.31. The highest BCUT2D eigenvalue weighted by Gasteiger charge is 2.13. The summed E-state index contributed by atoms with van der Waals surface area (Å²) in [6, 6.07) is 8.40. The van der Waals surface area contributed by atoms with E-state index in [1.54, 1.807) is 7.05 Å². The van der Waals surface area contributed by atoms with Crippen molar-refractivity contribution in [2.75, 3.05) is 7.05 Å². The minimum Gasteiger partial charge on any atom is -0.352 e. The summed E-state index contributed by atoms with van der Waals surface area (Å²) >= 11 is 0. The average Bonchev–Trinajstić information content (AvgIpc) is 2.91. The van der Waals surface area contributed by atoms with Gasteiger partial charge in [0, 0.05) is 38.4 Å². The van der Waals surface area contributed by atoms with Gasteiger partial charge in [0.15, 0.2) is 5.96 Å². The lowest BCUT2D eigenvalue weighted by molar-refractivity contribution is 0.702. The third kappa shape index (κ3) is 5.45. The van der Waals surface area contributed by atoms with Crippen LogP contribution in [-0.2, 0) is 33.0 Å². The van der Waals surface area contributed by atoms with Crippen LogP contribution in [0.4, 0.5) is 0 Å². The van der Waals surface area contributed by atoms with E-state index in [4.69, 9.17) is 0 Å². The van der Waals surface area contributed by atoms with E-state index in [-0.39, 0.29) is 24.0 Å². The molecule has 1 aromatic carbocycles. The van der Waals surface area contributed by atoms with Crippen LogP contribution in [0.15, 0.2) is 29.3 Å². The van der Waals surface area contributed by atoms with Gasteiger partial charge in [0.2, 0.25) is 0 Å². The zero-order valence-electron chi connectivity index (χ0n) is 15.9. The Kier molecular flexibility index (Phi) is 8.96. The maximum Gasteiger partial charge on any atom is 0.191 e. The Morgan fingerprint density at radius 1 is 1.12 bits per heavy atom. The molecule has 1 heterocycles. The normalized spacial score (nSPS) is 11.2. The first-order chi connectivity index (χ1) is 11.6. The average molecular weight is 455 g/mol. The Labute approximate surface area is 168 Å². The van der Waals surface area contributed by atoms with E-state index in [1.165, 1.54) is 22.4 Å². The van der Waals surface area contributed by atoms with Crippen LogP contribution < -0.4 is 10.6 Å². The maximum absolute atomic E-state index is 4.63. The largest absolute Gasteiger partial charge is 0.352 e. The minimum atomic E-state index is 0. The van der Waals surface area contributed by atoms with E-state index < -0.39 is 0 Å². The van der Waals surface area contributed by atoms with Crippen molar-refractivity contribution in [1.29, 1.82) is 0 Å². The molecule has 0 bridgehead atoms. The molecule has 0 aliphatic carbocycles. The molecule has 138 valence electrons. The second kappa shape index (κ2) is 10.4. The van der Waals surface area contributed by atoms with Gasteiger partial charge in [0.25, 0.3) is 0 Å². The Balaban J connectivity index is 0.00000312. The number of nitrogens with zero attached hydrogens (tertiary/aromatic N) is 3.